The van der Waals surface area contributed by atoms with Gasteiger partial charge in [-0.15, -0.1) is 11.3 Å². The van der Waals surface area contributed by atoms with E-state index in [1.165, 1.54) is 4.88 Å². The highest BCUT2D eigenvalue weighted by molar-refractivity contribution is 7.11. The molecule has 1 aromatic heterocycles. The molecule has 0 atom stereocenters. The quantitative estimate of drug-likeness (QED) is 0.726. The first-order valence-electron chi connectivity index (χ1n) is 6.28. The largest absolute Gasteiger partial charge is 0.444 e. The molecular formula is C13H20N2O2S. The number of carbonyl (C=O) groups excluding carboxylic acids is 1. The second kappa shape index (κ2) is 4.88. The van der Waals surface area contributed by atoms with Gasteiger partial charge in [0.25, 0.3) is 0 Å². The van der Waals surface area contributed by atoms with Crippen LogP contribution >= 0.6 is 11.3 Å². The Kier molecular flexibility index (Phi) is 3.61. The zero-order chi connectivity index (χ0) is 13.3. The zero-order valence-electron chi connectivity index (χ0n) is 11.4. The molecule has 0 N–H and O–H groups in total. The molecule has 2 heterocycles. The molecule has 18 heavy (non-hydrogen) atoms. The fourth-order valence-electron chi connectivity index (χ4n) is 2.00. The third kappa shape index (κ3) is 3.22. The normalized spacial score (nSPS) is 16.1. The maximum atomic E-state index is 12.1. The van der Waals surface area contributed by atoms with E-state index in [9.17, 15) is 4.79 Å². The Morgan fingerprint density at radius 3 is 2.83 bits per heavy atom. The first kappa shape index (κ1) is 13.3. The average molecular weight is 268 g/mol. The number of aromatic nitrogens is 1. The van der Waals surface area contributed by atoms with E-state index in [1.54, 1.807) is 16.2 Å². The topological polar surface area (TPSA) is 42.4 Å². The third-order valence-corrected chi connectivity index (χ3v) is 3.71. The highest BCUT2D eigenvalue weighted by Crippen LogP contribution is 2.25. The van der Waals surface area contributed by atoms with E-state index in [2.05, 4.69) is 4.98 Å². The van der Waals surface area contributed by atoms with Crippen molar-refractivity contribution in [2.45, 2.75) is 52.7 Å². The molecule has 0 aliphatic carbocycles. The molecule has 4 nitrogen and oxygen atoms in total. The molecule has 0 radical (unpaired) electrons. The molecule has 0 saturated carbocycles. The molecule has 0 bridgehead atoms. The first-order valence-corrected chi connectivity index (χ1v) is 7.10. The van der Waals surface area contributed by atoms with Crippen LogP contribution < -0.4 is 0 Å². The number of nitrogens with zero attached hydrogens (tertiary/aromatic N) is 2. The van der Waals surface area contributed by atoms with Gasteiger partial charge in [0.1, 0.15) is 5.60 Å². The second-order valence-corrected chi connectivity index (χ2v) is 6.90. The smallest absolute Gasteiger partial charge is 0.410 e. The molecule has 100 valence electrons. The minimum absolute atomic E-state index is 0.221. The van der Waals surface area contributed by atoms with Gasteiger partial charge in [0, 0.05) is 11.4 Å². The Morgan fingerprint density at radius 1 is 1.44 bits per heavy atom. The van der Waals surface area contributed by atoms with Gasteiger partial charge in [0.2, 0.25) is 0 Å². The molecule has 0 aromatic carbocycles. The molecule has 1 aliphatic heterocycles. The maximum Gasteiger partial charge on any atom is 0.410 e. The lowest BCUT2D eigenvalue weighted by Crippen LogP contribution is -2.36. The summed E-state index contributed by atoms with van der Waals surface area (Å²) in [5.41, 5.74) is 0.721. The lowest BCUT2D eigenvalue weighted by atomic mass is 10.2. The Balaban J connectivity index is 2.09. The lowest BCUT2D eigenvalue weighted by Gasteiger charge is -2.26. The van der Waals surface area contributed by atoms with Crippen LogP contribution in [0, 0.1) is 6.92 Å². The number of ether oxygens (including phenoxy) is 1. The van der Waals surface area contributed by atoms with Crippen molar-refractivity contribution in [1.82, 2.24) is 9.88 Å². The van der Waals surface area contributed by atoms with Crippen molar-refractivity contribution in [2.75, 3.05) is 6.54 Å². The van der Waals surface area contributed by atoms with E-state index >= 15 is 0 Å². The van der Waals surface area contributed by atoms with Crippen LogP contribution in [0.15, 0.2) is 0 Å². The van der Waals surface area contributed by atoms with Crippen molar-refractivity contribution in [1.29, 1.82) is 0 Å². The summed E-state index contributed by atoms with van der Waals surface area (Å²) < 4.78 is 5.43. The van der Waals surface area contributed by atoms with Crippen LogP contribution in [0.25, 0.3) is 0 Å². The highest BCUT2D eigenvalue weighted by Gasteiger charge is 2.25. The van der Waals surface area contributed by atoms with Crippen LogP contribution in [0.3, 0.4) is 0 Å². The molecule has 1 aliphatic rings. The molecule has 5 heteroatoms. The van der Waals surface area contributed by atoms with E-state index in [0.717, 1.165) is 30.1 Å². The summed E-state index contributed by atoms with van der Waals surface area (Å²) in [5, 5.41) is 1.08. The van der Waals surface area contributed by atoms with Gasteiger partial charge in [0.15, 0.2) is 0 Å². The summed E-state index contributed by atoms with van der Waals surface area (Å²) in [6, 6.07) is 0. The number of amides is 1. The number of rotatable bonds is 0. The number of hydrogen-bond donors (Lipinski definition) is 0. The first-order chi connectivity index (χ1) is 8.35. The number of fused-ring (bicyclic) bond motifs is 1. The minimum atomic E-state index is -0.435. The Labute approximate surface area is 112 Å². The Bertz CT molecular complexity index is 448. The van der Waals surface area contributed by atoms with Crippen LogP contribution in [-0.2, 0) is 17.7 Å². The van der Waals surface area contributed by atoms with Crippen molar-refractivity contribution in [3.05, 3.63) is 15.6 Å². The van der Waals surface area contributed by atoms with E-state index in [4.69, 9.17) is 4.74 Å². The van der Waals surface area contributed by atoms with Crippen LogP contribution in [-0.4, -0.2) is 28.1 Å². The Hall–Kier alpha value is -1.10. The van der Waals surface area contributed by atoms with Crippen LogP contribution in [0.4, 0.5) is 4.79 Å². The summed E-state index contributed by atoms with van der Waals surface area (Å²) in [5.74, 6) is 0. The molecule has 0 unspecified atom stereocenters. The highest BCUT2D eigenvalue weighted by atomic mass is 32.1. The third-order valence-electron chi connectivity index (χ3n) is 2.71. The van der Waals surface area contributed by atoms with Gasteiger partial charge in [-0.1, -0.05) is 0 Å². The minimum Gasteiger partial charge on any atom is -0.444 e. The van der Waals surface area contributed by atoms with E-state index in [-0.39, 0.29) is 6.09 Å². The number of hydrogen-bond acceptors (Lipinski definition) is 4. The van der Waals surface area contributed by atoms with Gasteiger partial charge in [-0.3, -0.25) is 0 Å². The van der Waals surface area contributed by atoms with Crippen molar-refractivity contribution >= 4 is 17.4 Å². The van der Waals surface area contributed by atoms with E-state index in [0.29, 0.717) is 6.54 Å². The summed E-state index contributed by atoms with van der Waals surface area (Å²) in [7, 11) is 0. The fourth-order valence-corrected chi connectivity index (χ4v) is 3.00. The second-order valence-electron chi connectivity index (χ2n) is 5.61. The average Bonchev–Trinajstić information content (AvgIpc) is 2.43. The SMILES string of the molecule is Cc1nc2c(s1)CN(C(=O)OC(C)(C)C)CCC2. The molecule has 0 saturated heterocycles. The molecule has 1 aromatic rings. The van der Waals surface area contributed by atoms with Crippen molar-refractivity contribution in [3.63, 3.8) is 0 Å². The van der Waals surface area contributed by atoms with Gasteiger partial charge in [0.05, 0.1) is 17.2 Å². The van der Waals surface area contributed by atoms with Crippen LogP contribution in [0.2, 0.25) is 0 Å². The predicted octanol–water partition coefficient (Wildman–Crippen LogP) is 3.13. The molecule has 0 spiro atoms. The van der Waals surface area contributed by atoms with Crippen molar-refractivity contribution in [3.8, 4) is 0 Å². The number of thiazole rings is 1. The van der Waals surface area contributed by atoms with Crippen molar-refractivity contribution in [2.24, 2.45) is 0 Å². The van der Waals surface area contributed by atoms with Gasteiger partial charge < -0.3 is 9.64 Å². The monoisotopic (exact) mass is 268 g/mol. The summed E-state index contributed by atoms with van der Waals surface area (Å²) in [6.07, 6.45) is 1.69. The molecular weight excluding hydrogens is 248 g/mol. The zero-order valence-corrected chi connectivity index (χ0v) is 12.3. The lowest BCUT2D eigenvalue weighted by molar-refractivity contribution is 0.0238. The van der Waals surface area contributed by atoms with Gasteiger partial charge in [-0.2, -0.15) is 0 Å². The predicted molar refractivity (Wildman–Crippen MR) is 71.8 cm³/mol. The van der Waals surface area contributed by atoms with Gasteiger partial charge in [-0.25, -0.2) is 9.78 Å². The molecule has 0 fully saturated rings. The number of carbonyl (C=O) groups is 1. The van der Waals surface area contributed by atoms with Gasteiger partial charge >= 0.3 is 6.09 Å². The Morgan fingerprint density at radius 2 is 2.17 bits per heavy atom. The summed E-state index contributed by atoms with van der Waals surface area (Å²) in [4.78, 5) is 19.6. The van der Waals surface area contributed by atoms with Crippen LogP contribution in [0.1, 0.15) is 42.8 Å². The fraction of sp³-hybridized carbons (Fsp3) is 0.692. The van der Waals surface area contributed by atoms with Crippen LogP contribution in [0.5, 0.6) is 0 Å². The van der Waals surface area contributed by atoms with Crippen molar-refractivity contribution < 1.29 is 9.53 Å². The van der Waals surface area contributed by atoms with E-state index in [1.807, 2.05) is 27.7 Å². The summed E-state index contributed by atoms with van der Waals surface area (Å²) >= 11 is 1.68. The summed E-state index contributed by atoms with van der Waals surface area (Å²) in [6.45, 7) is 9.07. The molecule has 2 rings (SSSR count). The molecule has 1 amide bonds. The van der Waals surface area contributed by atoms with Gasteiger partial charge in [-0.05, 0) is 40.5 Å². The maximum absolute atomic E-state index is 12.1. The number of aryl methyl sites for hydroxylation is 2. The van der Waals surface area contributed by atoms with E-state index < -0.39 is 5.60 Å². The standard InChI is InChI=1S/C13H20N2O2S/c1-9-14-10-6-5-7-15(8-11(10)18-9)12(16)17-13(2,3)4/h5-8H2,1-4H3.